The van der Waals surface area contributed by atoms with E-state index in [2.05, 4.69) is 22.2 Å². The number of hydrogen-bond acceptors (Lipinski definition) is 5. The Balaban J connectivity index is 1.75. The number of aromatic nitrogens is 2. The third-order valence-electron chi connectivity index (χ3n) is 5.29. The molecule has 0 atom stereocenters. The number of hydrogen-bond donors (Lipinski definition) is 1. The number of ether oxygens (including phenoxy) is 2. The van der Waals surface area contributed by atoms with E-state index in [0.29, 0.717) is 30.3 Å². The van der Waals surface area contributed by atoms with E-state index in [-0.39, 0.29) is 5.91 Å². The van der Waals surface area contributed by atoms with E-state index in [1.807, 2.05) is 24.3 Å². The second-order valence-electron chi connectivity index (χ2n) is 7.36. The Morgan fingerprint density at radius 3 is 2.59 bits per heavy atom. The van der Waals surface area contributed by atoms with E-state index in [0.717, 1.165) is 37.3 Å². The molecule has 0 unspecified atom stereocenters. The fourth-order valence-electron chi connectivity index (χ4n) is 3.72. The Morgan fingerprint density at radius 2 is 1.90 bits per heavy atom. The van der Waals surface area contributed by atoms with Crippen LogP contribution in [0.1, 0.15) is 43.1 Å². The molecule has 1 amide bonds. The van der Waals surface area contributed by atoms with Crippen LogP contribution < -0.4 is 14.8 Å². The molecular formula is C22H32N4O3. The Morgan fingerprint density at radius 1 is 1.10 bits per heavy atom. The van der Waals surface area contributed by atoms with E-state index < -0.39 is 0 Å². The zero-order valence-corrected chi connectivity index (χ0v) is 17.7. The van der Waals surface area contributed by atoms with Crippen LogP contribution in [-0.4, -0.2) is 61.0 Å². The molecule has 0 radical (unpaired) electrons. The molecular weight excluding hydrogens is 368 g/mol. The smallest absolute Gasteiger partial charge is 0.269 e. The summed E-state index contributed by atoms with van der Waals surface area (Å²) < 4.78 is 12.6. The average molecular weight is 401 g/mol. The number of carbonyl (C=O) groups excluding carboxylic acids is 1. The van der Waals surface area contributed by atoms with E-state index in [1.54, 1.807) is 18.9 Å². The van der Waals surface area contributed by atoms with Gasteiger partial charge in [0.25, 0.3) is 5.91 Å². The number of nitrogens with one attached hydrogen (secondary N) is 1. The minimum Gasteiger partial charge on any atom is -0.497 e. The third kappa shape index (κ3) is 5.29. The topological polar surface area (TPSA) is 68.6 Å². The van der Waals surface area contributed by atoms with Gasteiger partial charge in [0, 0.05) is 31.3 Å². The van der Waals surface area contributed by atoms with Gasteiger partial charge in [0.2, 0.25) is 0 Å². The Hall–Kier alpha value is -2.54. The van der Waals surface area contributed by atoms with Gasteiger partial charge in [-0.2, -0.15) is 5.10 Å². The van der Waals surface area contributed by atoms with Gasteiger partial charge >= 0.3 is 0 Å². The van der Waals surface area contributed by atoms with Gasteiger partial charge < -0.3 is 19.7 Å². The molecule has 1 aliphatic heterocycles. The lowest BCUT2D eigenvalue weighted by atomic mass is 10.1. The highest BCUT2D eigenvalue weighted by Gasteiger charge is 2.19. The van der Waals surface area contributed by atoms with Crippen LogP contribution in [0.25, 0.3) is 11.3 Å². The van der Waals surface area contributed by atoms with Gasteiger partial charge in [0.15, 0.2) is 0 Å². The Bertz CT molecular complexity index is 812. The van der Waals surface area contributed by atoms with Crippen molar-refractivity contribution in [1.82, 2.24) is 20.0 Å². The van der Waals surface area contributed by atoms with Crippen molar-refractivity contribution in [2.24, 2.45) is 0 Å². The lowest BCUT2D eigenvalue weighted by molar-refractivity contribution is 0.0935. The second-order valence-corrected chi connectivity index (χ2v) is 7.36. The first kappa shape index (κ1) is 21.2. The number of amides is 1. The molecule has 2 aromatic rings. The molecule has 2 heterocycles. The molecule has 1 aromatic heterocycles. The minimum atomic E-state index is -0.0818. The molecule has 7 heteroatoms. The largest absolute Gasteiger partial charge is 0.497 e. The number of likely N-dealkylation sites (tertiary alicyclic amines) is 1. The summed E-state index contributed by atoms with van der Waals surface area (Å²) in [5, 5.41) is 7.74. The molecule has 0 saturated carbocycles. The van der Waals surface area contributed by atoms with Crippen molar-refractivity contribution in [1.29, 1.82) is 0 Å². The van der Waals surface area contributed by atoms with E-state index in [4.69, 9.17) is 9.47 Å². The molecule has 7 nitrogen and oxygen atoms in total. The summed E-state index contributed by atoms with van der Waals surface area (Å²) in [6, 6.07) is 7.45. The number of benzene rings is 1. The summed E-state index contributed by atoms with van der Waals surface area (Å²) in [4.78, 5) is 15.3. The van der Waals surface area contributed by atoms with Crippen LogP contribution in [-0.2, 0) is 6.54 Å². The molecule has 3 rings (SSSR count). The molecule has 29 heavy (non-hydrogen) atoms. The fraction of sp³-hybridized carbons (Fsp3) is 0.545. The third-order valence-corrected chi connectivity index (χ3v) is 5.29. The first-order valence-electron chi connectivity index (χ1n) is 10.5. The SMILES string of the molecule is CCCn1nc(-c2ccc(OC)cc2OC)cc1C(=O)NCCN1CCCCC1. The zero-order valence-electron chi connectivity index (χ0n) is 17.7. The lowest BCUT2D eigenvalue weighted by Gasteiger charge is -2.26. The van der Waals surface area contributed by atoms with Gasteiger partial charge in [-0.3, -0.25) is 9.48 Å². The Kier molecular flexibility index (Phi) is 7.52. The van der Waals surface area contributed by atoms with Gasteiger partial charge in [-0.15, -0.1) is 0 Å². The number of rotatable bonds is 9. The zero-order chi connectivity index (χ0) is 20.6. The average Bonchev–Trinajstić information content (AvgIpc) is 3.18. The van der Waals surface area contributed by atoms with Crippen LogP contribution in [0.4, 0.5) is 0 Å². The highest BCUT2D eigenvalue weighted by molar-refractivity contribution is 5.94. The van der Waals surface area contributed by atoms with Crippen LogP contribution in [0.15, 0.2) is 24.3 Å². The summed E-state index contributed by atoms with van der Waals surface area (Å²) in [7, 11) is 3.24. The van der Waals surface area contributed by atoms with Crippen molar-refractivity contribution in [3.8, 4) is 22.8 Å². The van der Waals surface area contributed by atoms with Gasteiger partial charge in [0.1, 0.15) is 17.2 Å². The van der Waals surface area contributed by atoms with Crippen LogP contribution in [0.2, 0.25) is 0 Å². The van der Waals surface area contributed by atoms with Crippen LogP contribution in [0, 0.1) is 0 Å². The van der Waals surface area contributed by atoms with Crippen LogP contribution in [0.3, 0.4) is 0 Å². The molecule has 0 aliphatic carbocycles. The van der Waals surface area contributed by atoms with Crippen LogP contribution in [0.5, 0.6) is 11.5 Å². The molecule has 1 fully saturated rings. The number of piperidine rings is 1. The number of aryl methyl sites for hydroxylation is 1. The molecule has 1 aromatic carbocycles. The maximum Gasteiger partial charge on any atom is 0.269 e. The predicted molar refractivity (Wildman–Crippen MR) is 114 cm³/mol. The molecule has 158 valence electrons. The standard InChI is InChI=1S/C22H32N4O3/c1-4-11-26-20(22(27)23-10-14-25-12-6-5-7-13-25)16-19(24-26)18-9-8-17(28-2)15-21(18)29-3/h8-9,15-16H,4-7,10-14H2,1-3H3,(H,23,27). The second kappa shape index (κ2) is 10.3. The van der Waals surface area contributed by atoms with Crippen molar-refractivity contribution in [2.75, 3.05) is 40.4 Å². The summed E-state index contributed by atoms with van der Waals surface area (Å²) in [5.74, 6) is 1.30. The lowest BCUT2D eigenvalue weighted by Crippen LogP contribution is -2.38. The number of methoxy groups -OCH3 is 2. The summed E-state index contributed by atoms with van der Waals surface area (Å²) in [5.41, 5.74) is 2.14. The van der Waals surface area contributed by atoms with E-state index in [9.17, 15) is 4.79 Å². The van der Waals surface area contributed by atoms with Crippen LogP contribution >= 0.6 is 0 Å². The molecule has 0 bridgehead atoms. The van der Waals surface area contributed by atoms with Gasteiger partial charge in [0.05, 0.1) is 19.9 Å². The molecule has 1 N–H and O–H groups in total. The van der Waals surface area contributed by atoms with Crippen molar-refractivity contribution >= 4 is 5.91 Å². The van der Waals surface area contributed by atoms with Crippen molar-refractivity contribution in [3.63, 3.8) is 0 Å². The molecule has 0 spiro atoms. The normalized spacial score (nSPS) is 14.6. The quantitative estimate of drug-likeness (QED) is 0.700. The fourth-order valence-corrected chi connectivity index (χ4v) is 3.72. The number of nitrogens with zero attached hydrogens (tertiary/aromatic N) is 3. The molecule has 1 saturated heterocycles. The summed E-state index contributed by atoms with van der Waals surface area (Å²) in [6.45, 7) is 6.57. The summed E-state index contributed by atoms with van der Waals surface area (Å²) >= 11 is 0. The monoisotopic (exact) mass is 400 g/mol. The highest BCUT2D eigenvalue weighted by Crippen LogP contribution is 2.33. The molecule has 1 aliphatic rings. The minimum absolute atomic E-state index is 0.0818. The van der Waals surface area contributed by atoms with Crippen molar-refractivity contribution in [2.45, 2.75) is 39.2 Å². The van der Waals surface area contributed by atoms with Crippen molar-refractivity contribution < 1.29 is 14.3 Å². The van der Waals surface area contributed by atoms with Gasteiger partial charge in [-0.05, 0) is 50.6 Å². The van der Waals surface area contributed by atoms with Crippen molar-refractivity contribution in [3.05, 3.63) is 30.0 Å². The predicted octanol–water partition coefficient (Wildman–Crippen LogP) is 3.19. The number of carbonyl (C=O) groups is 1. The van der Waals surface area contributed by atoms with Gasteiger partial charge in [-0.25, -0.2) is 0 Å². The first-order valence-corrected chi connectivity index (χ1v) is 10.5. The first-order chi connectivity index (χ1) is 14.2. The van der Waals surface area contributed by atoms with E-state index in [1.165, 1.54) is 19.3 Å². The maximum absolute atomic E-state index is 12.8. The highest BCUT2D eigenvalue weighted by atomic mass is 16.5. The van der Waals surface area contributed by atoms with Gasteiger partial charge in [-0.1, -0.05) is 13.3 Å². The van der Waals surface area contributed by atoms with E-state index >= 15 is 0 Å². The summed E-state index contributed by atoms with van der Waals surface area (Å²) in [6.07, 6.45) is 4.72. The Labute approximate surface area is 173 Å². The maximum atomic E-state index is 12.8.